The Labute approximate surface area is 139 Å². The molecule has 0 radical (unpaired) electrons. The number of rotatable bonds is 3. The maximum absolute atomic E-state index is 13.8. The van der Waals surface area contributed by atoms with E-state index in [1.807, 2.05) is 22.6 Å². The highest BCUT2D eigenvalue weighted by atomic mass is 127. The Hall–Kier alpha value is -2.05. The third kappa shape index (κ3) is 3.48. The maximum atomic E-state index is 13.8. The van der Waals surface area contributed by atoms with Crippen molar-refractivity contribution in [2.45, 2.75) is 6.18 Å². The van der Waals surface area contributed by atoms with Gasteiger partial charge in [-0.25, -0.2) is 9.37 Å². The van der Waals surface area contributed by atoms with Crippen LogP contribution in [0.4, 0.5) is 17.6 Å². The van der Waals surface area contributed by atoms with Crippen molar-refractivity contribution in [1.82, 2.24) is 24.6 Å². The van der Waals surface area contributed by atoms with Gasteiger partial charge in [0, 0.05) is 40.5 Å². The van der Waals surface area contributed by atoms with E-state index >= 15 is 0 Å². The largest absolute Gasteiger partial charge is 0.466 e. The van der Waals surface area contributed by atoms with Crippen LogP contribution in [0.15, 0.2) is 24.7 Å². The summed E-state index contributed by atoms with van der Waals surface area (Å²) in [7, 11) is 0. The third-order valence-electron chi connectivity index (χ3n) is 2.73. The summed E-state index contributed by atoms with van der Waals surface area (Å²) in [6, 6.07) is 1.00. The number of halogens is 5. The van der Waals surface area contributed by atoms with Crippen LogP contribution in [0.5, 0.6) is 5.88 Å². The summed E-state index contributed by atoms with van der Waals surface area (Å²) in [6.07, 6.45) is -0.370. The molecule has 120 valence electrons. The molecule has 6 nitrogen and oxygen atoms in total. The summed E-state index contributed by atoms with van der Waals surface area (Å²) in [4.78, 5) is 7.66. The van der Waals surface area contributed by atoms with Gasteiger partial charge < -0.3 is 4.74 Å². The van der Waals surface area contributed by atoms with Crippen molar-refractivity contribution in [2.24, 2.45) is 0 Å². The highest BCUT2D eigenvalue weighted by molar-refractivity contribution is 14.1. The molecule has 0 aromatic carbocycles. The molecular formula is C12H6F4IN5O. The van der Waals surface area contributed by atoms with E-state index in [4.69, 9.17) is 0 Å². The summed E-state index contributed by atoms with van der Waals surface area (Å²) in [5.74, 6) is -1.72. The van der Waals surface area contributed by atoms with E-state index in [0.717, 1.165) is 6.07 Å². The van der Waals surface area contributed by atoms with Crippen LogP contribution in [-0.2, 0) is 0 Å². The van der Waals surface area contributed by atoms with E-state index in [-0.39, 0.29) is 5.56 Å². The normalized spacial score (nSPS) is 11.9. The Bertz CT molecular complexity index is 866. The molecule has 23 heavy (non-hydrogen) atoms. The molecule has 0 amide bonds. The highest BCUT2D eigenvalue weighted by Gasteiger charge is 2.29. The Balaban J connectivity index is 1.90. The van der Waals surface area contributed by atoms with Gasteiger partial charge in [0.15, 0.2) is 21.9 Å². The molecule has 0 saturated carbocycles. The van der Waals surface area contributed by atoms with E-state index < -0.39 is 24.5 Å². The second-order valence-corrected chi connectivity index (χ2v) is 5.35. The molecule has 3 rings (SSSR count). The van der Waals surface area contributed by atoms with Crippen LogP contribution in [0.2, 0.25) is 0 Å². The minimum absolute atomic E-state index is 0.285. The molecule has 0 N–H and O–H groups in total. The van der Waals surface area contributed by atoms with Gasteiger partial charge in [-0.1, -0.05) is 0 Å². The fourth-order valence-electron chi connectivity index (χ4n) is 1.74. The second kappa shape index (κ2) is 5.86. The lowest BCUT2D eigenvalue weighted by molar-refractivity contribution is -0.154. The fourth-order valence-corrected chi connectivity index (χ4v) is 2.24. The van der Waals surface area contributed by atoms with Crippen LogP contribution in [-0.4, -0.2) is 37.3 Å². The van der Waals surface area contributed by atoms with E-state index in [1.54, 1.807) is 10.6 Å². The van der Waals surface area contributed by atoms with Crippen LogP contribution in [0.25, 0.3) is 16.9 Å². The first-order valence-electron chi connectivity index (χ1n) is 6.05. The summed E-state index contributed by atoms with van der Waals surface area (Å²) in [5, 5.41) is 7.71. The van der Waals surface area contributed by atoms with E-state index in [1.165, 1.54) is 12.4 Å². The van der Waals surface area contributed by atoms with Gasteiger partial charge in [-0.15, -0.1) is 10.2 Å². The van der Waals surface area contributed by atoms with Crippen LogP contribution in [0.3, 0.4) is 0 Å². The second-order valence-electron chi connectivity index (χ2n) is 4.38. The summed E-state index contributed by atoms with van der Waals surface area (Å²) in [6.45, 7) is -1.61. The number of ether oxygens (including phenoxy) is 1. The zero-order valence-corrected chi connectivity index (χ0v) is 13.2. The topological polar surface area (TPSA) is 65.2 Å². The first-order valence-corrected chi connectivity index (χ1v) is 7.13. The minimum atomic E-state index is -4.56. The van der Waals surface area contributed by atoms with Gasteiger partial charge in [0.2, 0.25) is 0 Å². The average Bonchev–Trinajstić information content (AvgIpc) is 2.86. The van der Waals surface area contributed by atoms with Crippen LogP contribution in [0, 0.1) is 9.65 Å². The van der Waals surface area contributed by atoms with Crippen molar-refractivity contribution in [1.29, 1.82) is 0 Å². The SMILES string of the molecule is Fc1cc(-c2cn3c(I)nnc3cn2)cnc1OCC(F)(F)F. The molecule has 0 aliphatic heterocycles. The highest BCUT2D eigenvalue weighted by Crippen LogP contribution is 2.24. The predicted octanol–water partition coefficient (Wildman–Crippen LogP) is 2.87. The van der Waals surface area contributed by atoms with Gasteiger partial charge in [-0.2, -0.15) is 13.2 Å². The molecule has 0 spiro atoms. The summed E-state index contributed by atoms with van der Waals surface area (Å²) < 4.78 is 56.6. The molecule has 0 aliphatic carbocycles. The molecule has 0 saturated heterocycles. The monoisotopic (exact) mass is 439 g/mol. The smallest absolute Gasteiger partial charge is 0.422 e. The van der Waals surface area contributed by atoms with Gasteiger partial charge in [-0.05, 0) is 6.07 Å². The quantitative estimate of drug-likeness (QED) is 0.464. The average molecular weight is 439 g/mol. The summed E-state index contributed by atoms with van der Waals surface area (Å²) >= 11 is 1.97. The van der Waals surface area contributed by atoms with Crippen molar-refractivity contribution >= 4 is 28.2 Å². The van der Waals surface area contributed by atoms with Gasteiger partial charge in [0.25, 0.3) is 5.88 Å². The van der Waals surface area contributed by atoms with Crippen molar-refractivity contribution in [3.63, 3.8) is 0 Å². The van der Waals surface area contributed by atoms with Crippen molar-refractivity contribution in [3.05, 3.63) is 34.3 Å². The minimum Gasteiger partial charge on any atom is -0.466 e. The maximum Gasteiger partial charge on any atom is 0.422 e. The number of alkyl halides is 3. The number of aromatic nitrogens is 5. The molecular weight excluding hydrogens is 433 g/mol. The van der Waals surface area contributed by atoms with Gasteiger partial charge in [0.05, 0.1) is 11.9 Å². The first-order chi connectivity index (χ1) is 10.8. The molecule has 0 fully saturated rings. The van der Waals surface area contributed by atoms with E-state index in [0.29, 0.717) is 15.2 Å². The molecule has 0 aliphatic rings. The summed E-state index contributed by atoms with van der Waals surface area (Å²) in [5.41, 5.74) is 1.16. The molecule has 11 heteroatoms. The van der Waals surface area contributed by atoms with Gasteiger partial charge >= 0.3 is 6.18 Å². The molecule has 3 heterocycles. The van der Waals surface area contributed by atoms with E-state index in [9.17, 15) is 17.6 Å². The standard InChI is InChI=1S/C12H6F4IN5O/c13-7-1-6(2-19-10(7)23-5-12(14,15)16)8-4-22-9(3-18-8)20-21-11(22)17/h1-4H,5H2. The molecule has 3 aromatic heterocycles. The third-order valence-corrected chi connectivity index (χ3v) is 3.46. The molecule has 0 unspecified atom stereocenters. The zero-order valence-electron chi connectivity index (χ0n) is 11.1. The van der Waals surface area contributed by atoms with Crippen molar-refractivity contribution in [3.8, 4) is 17.1 Å². The zero-order chi connectivity index (χ0) is 16.6. The Kier molecular flexibility index (Phi) is 4.04. The van der Waals surface area contributed by atoms with Crippen LogP contribution >= 0.6 is 22.6 Å². The lowest BCUT2D eigenvalue weighted by Crippen LogP contribution is -2.20. The van der Waals surface area contributed by atoms with Crippen LogP contribution in [0.1, 0.15) is 0 Å². The van der Waals surface area contributed by atoms with Crippen molar-refractivity contribution in [2.75, 3.05) is 6.61 Å². The van der Waals surface area contributed by atoms with Gasteiger partial charge in [-0.3, -0.25) is 9.38 Å². The van der Waals surface area contributed by atoms with Gasteiger partial charge in [0.1, 0.15) is 0 Å². The molecule has 3 aromatic rings. The lowest BCUT2D eigenvalue weighted by Gasteiger charge is -2.09. The Morgan fingerprint density at radius 2 is 1.96 bits per heavy atom. The fraction of sp³-hybridized carbons (Fsp3) is 0.167. The Morgan fingerprint density at radius 3 is 2.65 bits per heavy atom. The van der Waals surface area contributed by atoms with Crippen LogP contribution < -0.4 is 4.74 Å². The van der Waals surface area contributed by atoms with Crippen molar-refractivity contribution < 1.29 is 22.3 Å². The first kappa shape index (κ1) is 15.8. The lowest BCUT2D eigenvalue weighted by atomic mass is 10.2. The predicted molar refractivity (Wildman–Crippen MR) is 78.2 cm³/mol. The number of hydrogen-bond acceptors (Lipinski definition) is 5. The number of pyridine rings is 1. The number of hydrogen-bond donors (Lipinski definition) is 0. The number of fused-ring (bicyclic) bond motifs is 1. The van der Waals surface area contributed by atoms with E-state index in [2.05, 4.69) is 24.9 Å². The Morgan fingerprint density at radius 1 is 1.17 bits per heavy atom. The molecule has 0 atom stereocenters. The molecule has 0 bridgehead atoms. The number of nitrogens with zero attached hydrogens (tertiary/aromatic N) is 5.